The lowest BCUT2D eigenvalue weighted by Crippen LogP contribution is -2.21. The minimum Gasteiger partial charge on any atom is -0.425 e. The molecule has 0 radical (unpaired) electrons. The number of ether oxygens (including phenoxy) is 2. The van der Waals surface area contributed by atoms with Gasteiger partial charge in [0.05, 0.1) is 22.3 Å². The number of hydrogen-bond acceptors (Lipinski definition) is 4. The van der Waals surface area contributed by atoms with E-state index in [1.807, 2.05) is 0 Å². The molecule has 0 spiro atoms. The maximum absolute atomic E-state index is 13.0. The second-order valence-electron chi connectivity index (χ2n) is 6.54. The topological polar surface area (TPSA) is 52.6 Å². The van der Waals surface area contributed by atoms with Crippen LogP contribution >= 0.6 is 0 Å². The first-order valence-electron chi connectivity index (χ1n) is 8.68. The zero-order valence-electron chi connectivity index (χ0n) is 16.3. The summed E-state index contributed by atoms with van der Waals surface area (Å²) < 4.78 is 163. The predicted molar refractivity (Wildman–Crippen MR) is 88.8 cm³/mol. The third-order valence-corrected chi connectivity index (χ3v) is 3.96. The number of benzene rings is 2. The van der Waals surface area contributed by atoms with Gasteiger partial charge in [0.2, 0.25) is 0 Å². The molecule has 0 saturated carbocycles. The Morgan fingerprint density at radius 3 is 1.11 bits per heavy atom. The summed E-state index contributed by atoms with van der Waals surface area (Å²) in [5.74, 6) is -7.36. The van der Waals surface area contributed by atoms with Crippen LogP contribution in [0.2, 0.25) is 0 Å². The summed E-state index contributed by atoms with van der Waals surface area (Å²) in [6.45, 7) is 0. The van der Waals surface area contributed by atoms with Crippen LogP contribution in [0.4, 0.5) is 52.7 Å². The lowest BCUT2D eigenvalue weighted by atomic mass is 10.1. The predicted octanol–water partition coefficient (Wildman–Crippen LogP) is 6.66. The highest BCUT2D eigenvalue weighted by Crippen LogP contribution is 2.41. The van der Waals surface area contributed by atoms with Gasteiger partial charge in [0, 0.05) is 0 Å². The smallest absolute Gasteiger partial charge is 0.419 e. The van der Waals surface area contributed by atoms with Crippen LogP contribution < -0.4 is 9.47 Å². The SMILES string of the molecule is O=C(CC(=O)Oc1cc(C(F)(F)F)ccc1C(F)(F)F)Oc1cc(C(F)(F)F)ccc1C(F)(F)F. The van der Waals surface area contributed by atoms with Crippen molar-refractivity contribution in [1.29, 1.82) is 0 Å². The van der Waals surface area contributed by atoms with Gasteiger partial charge in [-0.1, -0.05) is 0 Å². The second kappa shape index (κ2) is 9.30. The van der Waals surface area contributed by atoms with Crippen LogP contribution in [0, 0.1) is 0 Å². The maximum atomic E-state index is 13.0. The quantitative estimate of drug-likeness (QED) is 0.193. The molecule has 16 heteroatoms. The van der Waals surface area contributed by atoms with E-state index >= 15 is 0 Å². The molecule has 2 aromatic carbocycles. The number of alkyl halides is 12. The van der Waals surface area contributed by atoms with Gasteiger partial charge >= 0.3 is 36.6 Å². The minimum atomic E-state index is -5.32. The molecule has 0 aliphatic carbocycles. The fourth-order valence-electron chi connectivity index (χ4n) is 2.47. The van der Waals surface area contributed by atoms with Gasteiger partial charge in [0.15, 0.2) is 0 Å². The average molecular weight is 528 g/mol. The number of hydrogen-bond donors (Lipinski definition) is 0. The van der Waals surface area contributed by atoms with Crippen molar-refractivity contribution in [2.45, 2.75) is 31.1 Å². The maximum Gasteiger partial charge on any atom is 0.419 e. The molecule has 35 heavy (non-hydrogen) atoms. The number of halogens is 12. The lowest BCUT2D eigenvalue weighted by Gasteiger charge is -2.16. The highest BCUT2D eigenvalue weighted by Gasteiger charge is 2.40. The Morgan fingerprint density at radius 2 is 0.857 bits per heavy atom. The lowest BCUT2D eigenvalue weighted by molar-refractivity contribution is -0.149. The van der Waals surface area contributed by atoms with Crippen molar-refractivity contribution in [2.24, 2.45) is 0 Å². The third kappa shape index (κ3) is 7.26. The Bertz CT molecular complexity index is 1020. The average Bonchev–Trinajstić information content (AvgIpc) is 2.64. The van der Waals surface area contributed by atoms with E-state index in [-0.39, 0.29) is 36.4 Å². The molecule has 0 aliphatic heterocycles. The van der Waals surface area contributed by atoms with Crippen LogP contribution in [0.25, 0.3) is 0 Å². The first-order valence-corrected chi connectivity index (χ1v) is 8.68. The van der Waals surface area contributed by atoms with Gasteiger partial charge in [0.1, 0.15) is 17.9 Å². The highest BCUT2D eigenvalue weighted by molar-refractivity contribution is 5.93. The molecule has 0 N–H and O–H groups in total. The summed E-state index contributed by atoms with van der Waals surface area (Å²) in [6, 6.07) is -0.493. The third-order valence-electron chi connectivity index (χ3n) is 3.96. The molecule has 0 amide bonds. The molecule has 0 saturated heterocycles. The Balaban J connectivity index is 2.30. The van der Waals surface area contributed by atoms with Gasteiger partial charge in [-0.05, 0) is 36.4 Å². The van der Waals surface area contributed by atoms with Gasteiger partial charge in [-0.15, -0.1) is 0 Å². The molecule has 4 nitrogen and oxygen atoms in total. The second-order valence-corrected chi connectivity index (χ2v) is 6.54. The van der Waals surface area contributed by atoms with Crippen molar-refractivity contribution in [3.05, 3.63) is 58.7 Å². The van der Waals surface area contributed by atoms with Gasteiger partial charge in [-0.2, -0.15) is 52.7 Å². The van der Waals surface area contributed by atoms with Crippen molar-refractivity contribution in [2.75, 3.05) is 0 Å². The first-order chi connectivity index (χ1) is 15.7. The van der Waals surface area contributed by atoms with Crippen molar-refractivity contribution >= 4 is 11.9 Å². The monoisotopic (exact) mass is 528 g/mol. The van der Waals surface area contributed by atoms with Gasteiger partial charge < -0.3 is 9.47 Å². The number of carbonyl (C=O) groups is 2. The Kier molecular flexibility index (Phi) is 7.38. The van der Waals surface area contributed by atoms with E-state index in [9.17, 15) is 62.3 Å². The van der Waals surface area contributed by atoms with E-state index in [0.717, 1.165) is 0 Å². The van der Waals surface area contributed by atoms with E-state index in [1.54, 1.807) is 0 Å². The normalized spacial score (nSPS) is 12.9. The van der Waals surface area contributed by atoms with E-state index < -0.39 is 76.8 Å². The summed E-state index contributed by atoms with van der Waals surface area (Å²) in [5.41, 5.74) is -7.06. The number of carbonyl (C=O) groups excluding carboxylic acids is 2. The van der Waals surface area contributed by atoms with Crippen molar-refractivity contribution < 1.29 is 71.7 Å². The Hall–Kier alpha value is -3.46. The molecule has 192 valence electrons. The van der Waals surface area contributed by atoms with E-state index in [2.05, 4.69) is 9.47 Å². The molecule has 0 unspecified atom stereocenters. The Labute approximate surface area is 186 Å². The summed E-state index contributed by atoms with van der Waals surface area (Å²) in [7, 11) is 0. The number of esters is 2. The van der Waals surface area contributed by atoms with Crippen LogP contribution in [-0.2, 0) is 34.3 Å². The first kappa shape index (κ1) is 27.8. The van der Waals surface area contributed by atoms with E-state index in [1.165, 1.54) is 0 Å². The molecule has 2 rings (SSSR count). The van der Waals surface area contributed by atoms with Crippen LogP contribution in [0.1, 0.15) is 28.7 Å². The fraction of sp³-hybridized carbons (Fsp3) is 0.263. The van der Waals surface area contributed by atoms with Crippen LogP contribution in [0.5, 0.6) is 11.5 Å². The van der Waals surface area contributed by atoms with Gasteiger partial charge in [-0.3, -0.25) is 9.59 Å². The molecule has 0 aromatic heterocycles. The summed E-state index contributed by atoms with van der Waals surface area (Å²) in [5, 5.41) is 0. The van der Waals surface area contributed by atoms with Crippen molar-refractivity contribution in [3.63, 3.8) is 0 Å². The van der Waals surface area contributed by atoms with Crippen LogP contribution in [-0.4, -0.2) is 11.9 Å². The molecule has 0 atom stereocenters. The minimum absolute atomic E-state index is 0.0285. The standard InChI is InChI=1S/C19H8F12O4/c20-16(21,22)8-1-3-10(18(26,27)28)12(5-8)34-14(32)7-15(33)35-13-6-9(17(23,24)25)2-4-11(13)19(29,30)31/h1-6H,7H2. The summed E-state index contributed by atoms with van der Waals surface area (Å²) in [6.07, 6.45) is -22.7. The summed E-state index contributed by atoms with van der Waals surface area (Å²) >= 11 is 0. The zero-order chi connectivity index (χ0) is 27.0. The van der Waals surface area contributed by atoms with Gasteiger partial charge in [0.25, 0.3) is 0 Å². The molecule has 0 heterocycles. The number of rotatable bonds is 4. The Morgan fingerprint density at radius 1 is 0.543 bits per heavy atom. The van der Waals surface area contributed by atoms with Gasteiger partial charge in [-0.25, -0.2) is 0 Å². The molecule has 0 fully saturated rings. The molecule has 2 aromatic rings. The highest BCUT2D eigenvalue weighted by atomic mass is 19.4. The van der Waals surface area contributed by atoms with Crippen molar-refractivity contribution in [1.82, 2.24) is 0 Å². The fourth-order valence-corrected chi connectivity index (χ4v) is 2.47. The molecular formula is C19H8F12O4. The van der Waals surface area contributed by atoms with E-state index in [4.69, 9.17) is 0 Å². The largest absolute Gasteiger partial charge is 0.425 e. The van der Waals surface area contributed by atoms with Crippen molar-refractivity contribution in [3.8, 4) is 11.5 Å². The molecule has 0 bridgehead atoms. The molecular weight excluding hydrogens is 520 g/mol. The van der Waals surface area contributed by atoms with E-state index in [0.29, 0.717) is 0 Å². The van der Waals surface area contributed by atoms with Crippen LogP contribution in [0.15, 0.2) is 36.4 Å². The van der Waals surface area contributed by atoms with Crippen LogP contribution in [0.3, 0.4) is 0 Å². The zero-order valence-corrected chi connectivity index (χ0v) is 16.3. The summed E-state index contributed by atoms with van der Waals surface area (Å²) in [4.78, 5) is 23.6. The molecule has 0 aliphatic rings.